The quantitative estimate of drug-likeness (QED) is 0.673. The summed E-state index contributed by atoms with van der Waals surface area (Å²) >= 11 is 0. The Labute approximate surface area is 154 Å². The van der Waals surface area contributed by atoms with Crippen LogP contribution in [-0.4, -0.2) is 10.9 Å². The Hall–Kier alpha value is -3.14. The molecule has 0 aliphatic heterocycles. The van der Waals surface area contributed by atoms with Crippen LogP contribution >= 0.6 is 0 Å². The maximum atomic E-state index is 12.7. The second-order valence-electron chi connectivity index (χ2n) is 6.22. The summed E-state index contributed by atoms with van der Waals surface area (Å²) in [6, 6.07) is 18.0. The first-order valence-electron chi connectivity index (χ1n) is 8.80. The highest BCUT2D eigenvalue weighted by molar-refractivity contribution is 6.05. The van der Waals surface area contributed by atoms with Crippen LogP contribution < -0.4 is 10.6 Å². The molecule has 1 heterocycles. The lowest BCUT2D eigenvalue weighted by atomic mass is 10.1. The number of carbonyl (C=O) groups is 1. The third kappa shape index (κ3) is 4.28. The molecule has 0 aliphatic carbocycles. The van der Waals surface area contributed by atoms with E-state index in [1.165, 1.54) is 5.56 Å². The zero-order valence-corrected chi connectivity index (χ0v) is 15.1. The Bertz CT molecular complexity index is 891. The summed E-state index contributed by atoms with van der Waals surface area (Å²) in [5.41, 5.74) is 5.61. The molecule has 26 heavy (non-hydrogen) atoms. The zero-order chi connectivity index (χ0) is 18.4. The van der Waals surface area contributed by atoms with Gasteiger partial charge in [0, 0.05) is 24.6 Å². The first kappa shape index (κ1) is 17.7. The molecule has 2 N–H and O–H groups in total. The molecule has 0 spiro atoms. The summed E-state index contributed by atoms with van der Waals surface area (Å²) in [5.74, 6) is -0.148. The fourth-order valence-electron chi connectivity index (χ4n) is 2.85. The van der Waals surface area contributed by atoms with Gasteiger partial charge in [-0.1, -0.05) is 55.5 Å². The lowest BCUT2D eigenvalue weighted by Gasteiger charge is -2.13. The van der Waals surface area contributed by atoms with E-state index < -0.39 is 0 Å². The van der Waals surface area contributed by atoms with Gasteiger partial charge in [0.1, 0.15) is 0 Å². The highest BCUT2D eigenvalue weighted by Gasteiger charge is 2.11. The van der Waals surface area contributed by atoms with Gasteiger partial charge in [-0.3, -0.25) is 9.78 Å². The fourth-order valence-corrected chi connectivity index (χ4v) is 2.85. The molecule has 4 nitrogen and oxygen atoms in total. The Morgan fingerprint density at radius 1 is 1.04 bits per heavy atom. The first-order valence-corrected chi connectivity index (χ1v) is 8.80. The van der Waals surface area contributed by atoms with Crippen molar-refractivity contribution in [2.45, 2.75) is 26.8 Å². The highest BCUT2D eigenvalue weighted by atomic mass is 16.1. The van der Waals surface area contributed by atoms with Gasteiger partial charge in [-0.25, -0.2) is 0 Å². The van der Waals surface area contributed by atoms with Crippen LogP contribution in [0.25, 0.3) is 0 Å². The van der Waals surface area contributed by atoms with E-state index in [1.54, 1.807) is 12.4 Å². The van der Waals surface area contributed by atoms with Crippen LogP contribution in [-0.2, 0) is 13.0 Å². The zero-order valence-electron chi connectivity index (χ0n) is 15.1. The van der Waals surface area contributed by atoms with Crippen molar-refractivity contribution in [2.24, 2.45) is 0 Å². The van der Waals surface area contributed by atoms with Crippen molar-refractivity contribution in [1.29, 1.82) is 0 Å². The van der Waals surface area contributed by atoms with Crippen LogP contribution in [0.5, 0.6) is 0 Å². The number of nitrogens with one attached hydrogen (secondary N) is 2. The monoisotopic (exact) mass is 345 g/mol. The van der Waals surface area contributed by atoms with Crippen molar-refractivity contribution in [3.05, 3.63) is 89.2 Å². The van der Waals surface area contributed by atoms with E-state index in [4.69, 9.17) is 0 Å². The van der Waals surface area contributed by atoms with Crippen LogP contribution in [0.4, 0.5) is 11.4 Å². The van der Waals surface area contributed by atoms with Crippen molar-refractivity contribution in [3.8, 4) is 0 Å². The average Bonchev–Trinajstić information content (AvgIpc) is 2.69. The second-order valence-corrected chi connectivity index (χ2v) is 6.22. The standard InChI is InChI=1S/C22H23N3O/c1-3-18-11-7-8-16(2)21(18)25-22(26)19-12-20(15-23-14-19)24-13-17-9-5-4-6-10-17/h4-12,14-15,24H,3,13H2,1-2H3,(H,25,26). The normalized spacial score (nSPS) is 10.4. The highest BCUT2D eigenvalue weighted by Crippen LogP contribution is 2.22. The number of pyridine rings is 1. The fraction of sp³-hybridized carbons (Fsp3) is 0.182. The van der Waals surface area contributed by atoms with E-state index in [2.05, 4.69) is 34.7 Å². The van der Waals surface area contributed by atoms with Gasteiger partial charge in [0.15, 0.2) is 0 Å². The van der Waals surface area contributed by atoms with Crippen molar-refractivity contribution in [1.82, 2.24) is 4.98 Å². The number of hydrogen-bond acceptors (Lipinski definition) is 3. The molecular weight excluding hydrogens is 322 g/mol. The molecule has 0 bridgehead atoms. The summed E-state index contributed by atoms with van der Waals surface area (Å²) in [4.78, 5) is 16.9. The molecular formula is C22H23N3O. The Morgan fingerprint density at radius 2 is 1.85 bits per heavy atom. The predicted octanol–water partition coefficient (Wildman–Crippen LogP) is 4.82. The number of aryl methyl sites for hydroxylation is 2. The molecule has 1 aromatic heterocycles. The Balaban J connectivity index is 1.72. The lowest BCUT2D eigenvalue weighted by Crippen LogP contribution is -2.15. The summed E-state index contributed by atoms with van der Waals surface area (Å²) in [7, 11) is 0. The molecule has 132 valence electrons. The number of rotatable bonds is 6. The summed E-state index contributed by atoms with van der Waals surface area (Å²) < 4.78 is 0. The molecule has 3 aromatic rings. The number of para-hydroxylation sites is 1. The minimum atomic E-state index is -0.148. The smallest absolute Gasteiger partial charge is 0.257 e. The Kier molecular flexibility index (Phi) is 5.64. The number of carbonyl (C=O) groups excluding carboxylic acids is 1. The van der Waals surface area contributed by atoms with Crippen molar-refractivity contribution < 1.29 is 4.79 Å². The van der Waals surface area contributed by atoms with E-state index in [0.717, 1.165) is 28.9 Å². The van der Waals surface area contributed by atoms with Gasteiger partial charge in [-0.2, -0.15) is 0 Å². The number of hydrogen-bond donors (Lipinski definition) is 2. The summed E-state index contributed by atoms with van der Waals surface area (Å²) in [6.07, 6.45) is 4.19. The number of anilines is 2. The van der Waals surface area contributed by atoms with Gasteiger partial charge in [0.2, 0.25) is 0 Å². The van der Waals surface area contributed by atoms with Crippen LogP contribution in [0.1, 0.15) is 34.0 Å². The molecule has 0 atom stereocenters. The molecule has 1 amide bonds. The van der Waals surface area contributed by atoms with Gasteiger partial charge < -0.3 is 10.6 Å². The van der Waals surface area contributed by atoms with Gasteiger partial charge in [0.25, 0.3) is 5.91 Å². The molecule has 4 heteroatoms. The van der Waals surface area contributed by atoms with E-state index >= 15 is 0 Å². The second kappa shape index (κ2) is 8.30. The minimum absolute atomic E-state index is 0.148. The van der Waals surface area contributed by atoms with Crippen LogP contribution in [0, 0.1) is 6.92 Å². The Morgan fingerprint density at radius 3 is 2.62 bits per heavy atom. The SMILES string of the molecule is CCc1cccc(C)c1NC(=O)c1cncc(NCc2ccccc2)c1. The van der Waals surface area contributed by atoms with Gasteiger partial charge in [-0.15, -0.1) is 0 Å². The largest absolute Gasteiger partial charge is 0.380 e. The third-order valence-electron chi connectivity index (χ3n) is 4.32. The van der Waals surface area contributed by atoms with Crippen LogP contribution in [0.2, 0.25) is 0 Å². The first-order chi connectivity index (χ1) is 12.7. The minimum Gasteiger partial charge on any atom is -0.380 e. The molecule has 0 unspecified atom stereocenters. The molecule has 3 rings (SSSR count). The molecule has 0 saturated carbocycles. The summed E-state index contributed by atoms with van der Waals surface area (Å²) in [6.45, 7) is 4.77. The number of aromatic nitrogens is 1. The average molecular weight is 345 g/mol. The van der Waals surface area contributed by atoms with Gasteiger partial charge in [-0.05, 0) is 36.1 Å². The van der Waals surface area contributed by atoms with E-state index in [1.807, 2.05) is 49.4 Å². The maximum Gasteiger partial charge on any atom is 0.257 e. The van der Waals surface area contributed by atoms with E-state index in [0.29, 0.717) is 12.1 Å². The number of amides is 1. The lowest BCUT2D eigenvalue weighted by molar-refractivity contribution is 0.102. The molecule has 2 aromatic carbocycles. The van der Waals surface area contributed by atoms with Crippen molar-refractivity contribution in [2.75, 3.05) is 10.6 Å². The maximum absolute atomic E-state index is 12.7. The molecule has 0 saturated heterocycles. The third-order valence-corrected chi connectivity index (χ3v) is 4.32. The van der Waals surface area contributed by atoms with E-state index in [-0.39, 0.29) is 5.91 Å². The van der Waals surface area contributed by atoms with E-state index in [9.17, 15) is 4.79 Å². The predicted molar refractivity (Wildman–Crippen MR) is 107 cm³/mol. The number of nitrogens with zero attached hydrogens (tertiary/aromatic N) is 1. The summed E-state index contributed by atoms with van der Waals surface area (Å²) in [5, 5.41) is 6.35. The van der Waals surface area contributed by atoms with Gasteiger partial charge >= 0.3 is 0 Å². The van der Waals surface area contributed by atoms with Crippen molar-refractivity contribution >= 4 is 17.3 Å². The topological polar surface area (TPSA) is 54.0 Å². The van der Waals surface area contributed by atoms with Crippen molar-refractivity contribution in [3.63, 3.8) is 0 Å². The molecule has 0 fully saturated rings. The molecule has 0 radical (unpaired) electrons. The number of benzene rings is 2. The molecule has 0 aliphatic rings. The van der Waals surface area contributed by atoms with Gasteiger partial charge in [0.05, 0.1) is 11.3 Å². The van der Waals surface area contributed by atoms with Crippen LogP contribution in [0.3, 0.4) is 0 Å². The van der Waals surface area contributed by atoms with Crippen LogP contribution in [0.15, 0.2) is 67.0 Å².